The molecule has 9 heavy (non-hydrogen) atoms. The van der Waals surface area contributed by atoms with Crippen LogP contribution >= 0.6 is 11.6 Å². The van der Waals surface area contributed by atoms with Crippen LogP contribution in [0.1, 0.15) is 13.3 Å². The molecule has 0 aliphatic carbocycles. The molecule has 3 heteroatoms. The highest BCUT2D eigenvalue weighted by atomic mass is 35.5. The Hall–Kier alpha value is -0.240. The van der Waals surface area contributed by atoms with Crippen molar-refractivity contribution in [2.24, 2.45) is 5.41 Å². The van der Waals surface area contributed by atoms with E-state index in [9.17, 15) is 4.79 Å². The van der Waals surface area contributed by atoms with Gasteiger partial charge < -0.3 is 5.32 Å². The van der Waals surface area contributed by atoms with Crippen molar-refractivity contribution in [1.29, 1.82) is 0 Å². The molecule has 1 rings (SSSR count). The van der Waals surface area contributed by atoms with Crippen LogP contribution in [0.15, 0.2) is 0 Å². The van der Waals surface area contributed by atoms with Crippen LogP contribution in [0.3, 0.4) is 0 Å². The highest BCUT2D eigenvalue weighted by Gasteiger charge is 2.32. The third-order valence-corrected chi connectivity index (χ3v) is 2.27. The standard InChI is InChI=1S/C6H10ClNO/c1-6(3-7)2-5(9)8-4-6/h2-4H2,1H3,(H,8,9). The van der Waals surface area contributed by atoms with Crippen molar-refractivity contribution in [3.63, 3.8) is 0 Å². The molecule has 1 unspecified atom stereocenters. The van der Waals surface area contributed by atoms with Gasteiger partial charge >= 0.3 is 0 Å². The van der Waals surface area contributed by atoms with E-state index in [1.807, 2.05) is 6.92 Å². The second-order valence-electron chi connectivity index (χ2n) is 2.90. The first-order valence-corrected chi connectivity index (χ1v) is 3.52. The van der Waals surface area contributed by atoms with E-state index in [1.54, 1.807) is 0 Å². The van der Waals surface area contributed by atoms with E-state index in [1.165, 1.54) is 0 Å². The van der Waals surface area contributed by atoms with Crippen molar-refractivity contribution in [3.8, 4) is 0 Å². The zero-order chi connectivity index (χ0) is 6.91. The molecule has 0 radical (unpaired) electrons. The van der Waals surface area contributed by atoms with Gasteiger partial charge in [-0.2, -0.15) is 0 Å². The molecule has 1 atom stereocenters. The number of hydrogen-bond donors (Lipinski definition) is 1. The van der Waals surface area contributed by atoms with Crippen LogP contribution < -0.4 is 5.32 Å². The zero-order valence-corrected chi connectivity index (χ0v) is 6.16. The van der Waals surface area contributed by atoms with Gasteiger partial charge in [0.1, 0.15) is 0 Å². The van der Waals surface area contributed by atoms with Gasteiger partial charge in [-0.15, -0.1) is 11.6 Å². The number of hydrogen-bond acceptors (Lipinski definition) is 1. The van der Waals surface area contributed by atoms with Gasteiger partial charge in [0.2, 0.25) is 5.91 Å². The Labute approximate surface area is 59.6 Å². The molecule has 2 nitrogen and oxygen atoms in total. The minimum atomic E-state index is 0.0125. The zero-order valence-electron chi connectivity index (χ0n) is 5.41. The van der Waals surface area contributed by atoms with Crippen molar-refractivity contribution < 1.29 is 4.79 Å². The van der Waals surface area contributed by atoms with E-state index in [4.69, 9.17) is 11.6 Å². The summed E-state index contributed by atoms with van der Waals surface area (Å²) in [6.07, 6.45) is 0.580. The smallest absolute Gasteiger partial charge is 0.220 e. The maximum atomic E-state index is 10.6. The fourth-order valence-corrected chi connectivity index (χ4v) is 1.11. The first-order chi connectivity index (χ1) is 4.16. The van der Waals surface area contributed by atoms with Crippen molar-refractivity contribution in [1.82, 2.24) is 5.32 Å². The van der Waals surface area contributed by atoms with Crippen LogP contribution in [-0.2, 0) is 4.79 Å². The molecule has 1 aliphatic rings. The van der Waals surface area contributed by atoms with Gasteiger partial charge in [-0.25, -0.2) is 0 Å². The SMILES string of the molecule is CC1(CCl)CNC(=O)C1. The van der Waals surface area contributed by atoms with Crippen LogP contribution in [0.4, 0.5) is 0 Å². The summed E-state index contributed by atoms with van der Waals surface area (Å²) in [5.74, 6) is 0.685. The molecule has 1 saturated heterocycles. The Morgan fingerprint density at radius 3 is 2.78 bits per heavy atom. The molecule has 52 valence electrons. The normalized spacial score (nSPS) is 34.7. The summed E-state index contributed by atoms with van der Waals surface area (Å²) in [5.41, 5.74) is 0.0125. The highest BCUT2D eigenvalue weighted by molar-refractivity contribution is 6.18. The summed E-state index contributed by atoms with van der Waals surface area (Å²) in [7, 11) is 0. The Morgan fingerprint density at radius 2 is 2.56 bits per heavy atom. The second kappa shape index (κ2) is 2.18. The fourth-order valence-electron chi connectivity index (χ4n) is 0.919. The van der Waals surface area contributed by atoms with Crippen molar-refractivity contribution in [3.05, 3.63) is 0 Å². The van der Waals surface area contributed by atoms with Crippen molar-refractivity contribution >= 4 is 17.5 Å². The maximum absolute atomic E-state index is 10.6. The van der Waals surface area contributed by atoms with E-state index in [0.29, 0.717) is 12.3 Å². The molecule has 1 amide bonds. The molecule has 0 aromatic carbocycles. The van der Waals surface area contributed by atoms with Gasteiger partial charge in [0.15, 0.2) is 0 Å². The fraction of sp³-hybridized carbons (Fsp3) is 0.833. The lowest BCUT2D eigenvalue weighted by Gasteiger charge is -2.15. The molecule has 0 aromatic heterocycles. The largest absolute Gasteiger partial charge is 0.355 e. The molecule has 0 bridgehead atoms. The van der Waals surface area contributed by atoms with E-state index >= 15 is 0 Å². The third-order valence-electron chi connectivity index (χ3n) is 1.62. The lowest BCUT2D eigenvalue weighted by atomic mass is 9.93. The van der Waals surface area contributed by atoms with E-state index < -0.39 is 0 Å². The molecule has 1 fully saturated rings. The number of carbonyl (C=O) groups excluding carboxylic acids is 1. The quantitative estimate of drug-likeness (QED) is 0.545. The molecule has 0 spiro atoms. The van der Waals surface area contributed by atoms with Gasteiger partial charge in [0.05, 0.1) is 0 Å². The monoisotopic (exact) mass is 147 g/mol. The number of halogens is 1. The predicted octanol–water partition coefficient (Wildman–Crippen LogP) is 0.751. The molecule has 0 aromatic rings. The average Bonchev–Trinajstić information content (AvgIpc) is 2.13. The van der Waals surface area contributed by atoms with Gasteiger partial charge in [0, 0.05) is 24.3 Å². The number of nitrogens with one attached hydrogen (secondary N) is 1. The maximum Gasteiger partial charge on any atom is 0.220 e. The van der Waals surface area contributed by atoms with Gasteiger partial charge in [-0.3, -0.25) is 4.79 Å². The molecular formula is C6H10ClNO. The van der Waals surface area contributed by atoms with Crippen LogP contribution in [0.5, 0.6) is 0 Å². The molecule has 0 saturated carbocycles. The lowest BCUT2D eigenvalue weighted by molar-refractivity contribution is -0.119. The number of amides is 1. The number of carbonyl (C=O) groups is 1. The number of alkyl halides is 1. The topological polar surface area (TPSA) is 29.1 Å². The second-order valence-corrected chi connectivity index (χ2v) is 3.17. The summed E-state index contributed by atoms with van der Waals surface area (Å²) in [4.78, 5) is 10.6. The molecule has 1 heterocycles. The molecule has 1 N–H and O–H groups in total. The summed E-state index contributed by atoms with van der Waals surface area (Å²) in [5, 5.41) is 2.74. The highest BCUT2D eigenvalue weighted by Crippen LogP contribution is 2.25. The Balaban J connectivity index is 2.54. The minimum absolute atomic E-state index is 0.0125. The summed E-state index contributed by atoms with van der Waals surface area (Å²) in [6, 6.07) is 0. The third kappa shape index (κ3) is 1.36. The lowest BCUT2D eigenvalue weighted by Crippen LogP contribution is -2.21. The van der Waals surface area contributed by atoms with Crippen LogP contribution in [0.25, 0.3) is 0 Å². The van der Waals surface area contributed by atoms with Crippen molar-refractivity contribution in [2.75, 3.05) is 12.4 Å². The van der Waals surface area contributed by atoms with E-state index in [2.05, 4.69) is 5.32 Å². The number of rotatable bonds is 1. The summed E-state index contributed by atoms with van der Waals surface area (Å²) < 4.78 is 0. The predicted molar refractivity (Wildman–Crippen MR) is 36.5 cm³/mol. The summed E-state index contributed by atoms with van der Waals surface area (Å²) >= 11 is 5.62. The molecular weight excluding hydrogens is 138 g/mol. The Morgan fingerprint density at radius 1 is 1.89 bits per heavy atom. The van der Waals surface area contributed by atoms with E-state index in [0.717, 1.165) is 6.54 Å². The Bertz CT molecular complexity index is 137. The first kappa shape index (κ1) is 6.87. The van der Waals surface area contributed by atoms with Gasteiger partial charge in [0.25, 0.3) is 0 Å². The van der Waals surface area contributed by atoms with Gasteiger partial charge in [-0.1, -0.05) is 6.92 Å². The Kier molecular flexibility index (Phi) is 1.66. The van der Waals surface area contributed by atoms with Crippen LogP contribution in [-0.4, -0.2) is 18.3 Å². The summed E-state index contributed by atoms with van der Waals surface area (Å²) in [6.45, 7) is 2.74. The van der Waals surface area contributed by atoms with E-state index in [-0.39, 0.29) is 11.3 Å². The average molecular weight is 148 g/mol. The van der Waals surface area contributed by atoms with Crippen molar-refractivity contribution in [2.45, 2.75) is 13.3 Å². The van der Waals surface area contributed by atoms with Gasteiger partial charge in [-0.05, 0) is 0 Å². The minimum Gasteiger partial charge on any atom is -0.355 e. The van der Waals surface area contributed by atoms with Crippen LogP contribution in [0.2, 0.25) is 0 Å². The first-order valence-electron chi connectivity index (χ1n) is 2.99. The van der Waals surface area contributed by atoms with Crippen LogP contribution in [0, 0.1) is 5.41 Å². The molecule has 1 aliphatic heterocycles.